The van der Waals surface area contributed by atoms with Gasteiger partial charge in [-0.1, -0.05) is 6.92 Å². The third-order valence-corrected chi connectivity index (χ3v) is 2.87. The van der Waals surface area contributed by atoms with Gasteiger partial charge in [0.2, 0.25) is 0 Å². The van der Waals surface area contributed by atoms with Crippen molar-refractivity contribution >= 4 is 5.97 Å². The van der Waals surface area contributed by atoms with Crippen LogP contribution in [0, 0.1) is 0 Å². The van der Waals surface area contributed by atoms with Crippen LogP contribution >= 0.6 is 0 Å². The molecule has 18 heavy (non-hydrogen) atoms. The third kappa shape index (κ3) is 4.09. The Labute approximate surface area is 107 Å². The number of carboxylic acids is 1. The molecule has 5 nitrogen and oxygen atoms in total. The van der Waals surface area contributed by atoms with Crippen molar-refractivity contribution in [1.82, 2.24) is 9.88 Å². The van der Waals surface area contributed by atoms with Crippen molar-refractivity contribution in [2.24, 2.45) is 0 Å². The van der Waals surface area contributed by atoms with Gasteiger partial charge in [-0.05, 0) is 31.2 Å². The van der Waals surface area contributed by atoms with E-state index in [0.29, 0.717) is 19.2 Å². The summed E-state index contributed by atoms with van der Waals surface area (Å²) in [4.78, 5) is 16.9. The molecular formula is C13H20N2O3. The monoisotopic (exact) mass is 252 g/mol. The van der Waals surface area contributed by atoms with E-state index in [9.17, 15) is 4.79 Å². The van der Waals surface area contributed by atoms with Gasteiger partial charge in [0.15, 0.2) is 0 Å². The minimum atomic E-state index is -0.996. The topological polar surface area (TPSA) is 62.7 Å². The number of carbonyl (C=O) groups is 1. The SMILES string of the molecule is CCN(Cc1ccnc(C(=O)O)c1)C(C)COC. The zero-order valence-electron chi connectivity index (χ0n) is 11.1. The molecule has 1 N–H and O–H groups in total. The molecule has 0 aliphatic carbocycles. The van der Waals surface area contributed by atoms with Crippen LogP contribution in [0.25, 0.3) is 0 Å². The van der Waals surface area contributed by atoms with Crippen molar-refractivity contribution in [3.05, 3.63) is 29.6 Å². The first kappa shape index (κ1) is 14.6. The second-order valence-electron chi connectivity index (χ2n) is 4.22. The van der Waals surface area contributed by atoms with E-state index in [0.717, 1.165) is 12.1 Å². The first-order valence-electron chi connectivity index (χ1n) is 5.99. The number of rotatable bonds is 7. The van der Waals surface area contributed by atoms with E-state index in [2.05, 4.69) is 23.7 Å². The summed E-state index contributed by atoms with van der Waals surface area (Å²) in [6.45, 7) is 6.40. The molecule has 1 unspecified atom stereocenters. The molecule has 1 heterocycles. The fourth-order valence-corrected chi connectivity index (χ4v) is 1.85. The highest BCUT2D eigenvalue weighted by molar-refractivity contribution is 5.85. The van der Waals surface area contributed by atoms with E-state index in [4.69, 9.17) is 9.84 Å². The van der Waals surface area contributed by atoms with Crippen molar-refractivity contribution in [2.45, 2.75) is 26.4 Å². The number of likely N-dealkylation sites (N-methyl/N-ethyl adjacent to an activating group) is 1. The smallest absolute Gasteiger partial charge is 0.354 e. The molecule has 1 aromatic rings. The van der Waals surface area contributed by atoms with Gasteiger partial charge in [-0.25, -0.2) is 9.78 Å². The van der Waals surface area contributed by atoms with Crippen LogP contribution in [0.1, 0.15) is 29.9 Å². The van der Waals surface area contributed by atoms with Crippen molar-refractivity contribution < 1.29 is 14.6 Å². The highest BCUT2D eigenvalue weighted by Gasteiger charge is 2.13. The molecule has 1 atom stereocenters. The lowest BCUT2D eigenvalue weighted by Gasteiger charge is -2.27. The van der Waals surface area contributed by atoms with E-state index >= 15 is 0 Å². The summed E-state index contributed by atoms with van der Waals surface area (Å²) in [7, 11) is 1.68. The highest BCUT2D eigenvalue weighted by atomic mass is 16.5. The molecule has 0 fully saturated rings. The molecule has 0 radical (unpaired) electrons. The first-order chi connectivity index (χ1) is 8.58. The highest BCUT2D eigenvalue weighted by Crippen LogP contribution is 2.09. The summed E-state index contributed by atoms with van der Waals surface area (Å²) >= 11 is 0. The molecule has 0 aromatic carbocycles. The average molecular weight is 252 g/mol. The summed E-state index contributed by atoms with van der Waals surface area (Å²) < 4.78 is 5.14. The summed E-state index contributed by atoms with van der Waals surface area (Å²) in [5.41, 5.74) is 1.04. The van der Waals surface area contributed by atoms with Gasteiger partial charge in [0.05, 0.1) is 6.61 Å². The summed E-state index contributed by atoms with van der Waals surface area (Å²) in [5, 5.41) is 8.90. The number of aromatic carboxylic acids is 1. The summed E-state index contributed by atoms with van der Waals surface area (Å²) in [5.74, 6) is -0.996. The predicted octanol–water partition coefficient (Wildman–Crippen LogP) is 1.64. The second kappa shape index (κ2) is 7.08. The Balaban J connectivity index is 2.75. The van der Waals surface area contributed by atoms with Crippen LogP contribution in [0.15, 0.2) is 18.3 Å². The van der Waals surface area contributed by atoms with Gasteiger partial charge >= 0.3 is 5.97 Å². The molecule has 0 saturated carbocycles. The zero-order chi connectivity index (χ0) is 13.5. The van der Waals surface area contributed by atoms with Crippen LogP contribution in [0.5, 0.6) is 0 Å². The molecule has 1 rings (SSSR count). The fourth-order valence-electron chi connectivity index (χ4n) is 1.85. The van der Waals surface area contributed by atoms with Crippen LogP contribution in [0.2, 0.25) is 0 Å². The Hall–Kier alpha value is -1.46. The molecule has 0 bridgehead atoms. The summed E-state index contributed by atoms with van der Waals surface area (Å²) in [6, 6.07) is 3.75. The van der Waals surface area contributed by atoms with Gasteiger partial charge < -0.3 is 9.84 Å². The maximum absolute atomic E-state index is 10.8. The van der Waals surface area contributed by atoms with Crippen LogP contribution < -0.4 is 0 Å². The number of nitrogens with zero attached hydrogens (tertiary/aromatic N) is 2. The van der Waals surface area contributed by atoms with Crippen molar-refractivity contribution in [2.75, 3.05) is 20.3 Å². The Bertz CT molecular complexity index is 396. The quantitative estimate of drug-likeness (QED) is 0.799. The van der Waals surface area contributed by atoms with E-state index in [1.807, 2.05) is 6.07 Å². The summed E-state index contributed by atoms with van der Waals surface area (Å²) in [6.07, 6.45) is 1.54. The Morgan fingerprint density at radius 2 is 2.33 bits per heavy atom. The van der Waals surface area contributed by atoms with Crippen LogP contribution in [0.3, 0.4) is 0 Å². The second-order valence-corrected chi connectivity index (χ2v) is 4.22. The molecular weight excluding hydrogens is 232 g/mol. The molecule has 0 spiro atoms. The number of hydrogen-bond donors (Lipinski definition) is 1. The number of ether oxygens (including phenoxy) is 1. The lowest BCUT2D eigenvalue weighted by atomic mass is 10.2. The fraction of sp³-hybridized carbons (Fsp3) is 0.538. The van der Waals surface area contributed by atoms with Gasteiger partial charge in [-0.2, -0.15) is 0 Å². The van der Waals surface area contributed by atoms with Crippen LogP contribution in [-0.4, -0.2) is 47.3 Å². The Kier molecular flexibility index (Phi) is 5.74. The average Bonchev–Trinajstić information content (AvgIpc) is 2.36. The molecule has 0 saturated heterocycles. The van der Waals surface area contributed by atoms with Gasteiger partial charge in [0, 0.05) is 25.9 Å². The number of methoxy groups -OCH3 is 1. The normalized spacial score (nSPS) is 12.7. The van der Waals surface area contributed by atoms with Crippen molar-refractivity contribution in [3.8, 4) is 0 Å². The van der Waals surface area contributed by atoms with Gasteiger partial charge in [-0.3, -0.25) is 4.90 Å². The maximum atomic E-state index is 10.8. The zero-order valence-corrected chi connectivity index (χ0v) is 11.1. The van der Waals surface area contributed by atoms with Crippen LogP contribution in [0.4, 0.5) is 0 Å². The van der Waals surface area contributed by atoms with Crippen LogP contribution in [-0.2, 0) is 11.3 Å². The van der Waals surface area contributed by atoms with Crippen molar-refractivity contribution in [1.29, 1.82) is 0 Å². The number of hydrogen-bond acceptors (Lipinski definition) is 4. The minimum absolute atomic E-state index is 0.0861. The van der Waals surface area contributed by atoms with E-state index in [-0.39, 0.29) is 5.69 Å². The van der Waals surface area contributed by atoms with Gasteiger partial charge in [0.25, 0.3) is 0 Å². The van der Waals surface area contributed by atoms with E-state index < -0.39 is 5.97 Å². The molecule has 0 aliphatic heterocycles. The van der Waals surface area contributed by atoms with Crippen molar-refractivity contribution in [3.63, 3.8) is 0 Å². The third-order valence-electron chi connectivity index (χ3n) is 2.87. The predicted molar refractivity (Wildman–Crippen MR) is 68.6 cm³/mol. The lowest BCUT2D eigenvalue weighted by molar-refractivity contribution is 0.0690. The van der Waals surface area contributed by atoms with Gasteiger partial charge in [0.1, 0.15) is 5.69 Å². The Morgan fingerprint density at radius 3 is 2.89 bits per heavy atom. The molecule has 5 heteroatoms. The minimum Gasteiger partial charge on any atom is -0.477 e. The Morgan fingerprint density at radius 1 is 1.61 bits per heavy atom. The molecule has 100 valence electrons. The largest absolute Gasteiger partial charge is 0.477 e. The number of carboxylic acid groups (broad SMARTS) is 1. The number of aromatic nitrogens is 1. The van der Waals surface area contributed by atoms with E-state index in [1.165, 1.54) is 6.20 Å². The maximum Gasteiger partial charge on any atom is 0.354 e. The molecule has 0 aliphatic rings. The lowest BCUT2D eigenvalue weighted by Crippen LogP contribution is -2.35. The molecule has 1 aromatic heterocycles. The number of pyridine rings is 1. The van der Waals surface area contributed by atoms with E-state index in [1.54, 1.807) is 13.2 Å². The van der Waals surface area contributed by atoms with Gasteiger partial charge in [-0.15, -0.1) is 0 Å². The molecule has 0 amide bonds. The first-order valence-corrected chi connectivity index (χ1v) is 5.99. The standard InChI is InChI=1S/C13H20N2O3/c1-4-15(10(2)9-18-3)8-11-5-6-14-12(7-11)13(16)17/h5-7,10H,4,8-9H2,1-3H3,(H,16,17).